The highest BCUT2D eigenvalue weighted by Crippen LogP contribution is 2.18. The maximum Gasteiger partial charge on any atom is 0.275 e. The van der Waals surface area contributed by atoms with Crippen molar-refractivity contribution in [1.29, 1.82) is 0 Å². The largest absolute Gasteiger partial charge is 0.369 e. The van der Waals surface area contributed by atoms with E-state index in [-0.39, 0.29) is 13.1 Å². The lowest BCUT2D eigenvalue weighted by atomic mass is 10.3. The maximum absolute atomic E-state index is 11.3. The van der Waals surface area contributed by atoms with E-state index in [1.165, 1.54) is 16.2 Å². The van der Waals surface area contributed by atoms with E-state index in [1.807, 2.05) is 5.43 Å². The van der Waals surface area contributed by atoms with Gasteiger partial charge in [-0.15, -0.1) is 11.3 Å². The highest BCUT2D eigenvalue weighted by Gasteiger charge is 2.14. The van der Waals surface area contributed by atoms with E-state index in [2.05, 4.69) is 0 Å². The summed E-state index contributed by atoms with van der Waals surface area (Å²) in [6.07, 6.45) is 0. The summed E-state index contributed by atoms with van der Waals surface area (Å²) in [6.45, 7) is 0.132. The van der Waals surface area contributed by atoms with Crippen molar-refractivity contribution in [1.82, 2.24) is 10.3 Å². The smallest absolute Gasteiger partial charge is 0.275 e. The van der Waals surface area contributed by atoms with Gasteiger partial charge in [0.15, 0.2) is 0 Å². The number of primary amides is 2. The van der Waals surface area contributed by atoms with Gasteiger partial charge in [0.2, 0.25) is 11.8 Å². The fourth-order valence-corrected chi connectivity index (χ4v) is 2.44. The second-order valence-electron chi connectivity index (χ2n) is 3.82. The summed E-state index contributed by atoms with van der Waals surface area (Å²) < 4.78 is 0. The first-order valence-electron chi connectivity index (χ1n) is 5.31. The van der Waals surface area contributed by atoms with Gasteiger partial charge in [-0.25, -0.2) is 5.84 Å². The average molecular weight is 285 g/mol. The molecule has 19 heavy (non-hydrogen) atoms. The van der Waals surface area contributed by atoms with Gasteiger partial charge in [0.1, 0.15) is 0 Å². The minimum Gasteiger partial charge on any atom is -0.369 e. The Hall–Kier alpha value is -1.97. The molecule has 0 fully saturated rings. The lowest BCUT2D eigenvalue weighted by Gasteiger charge is -2.17. The van der Waals surface area contributed by atoms with Crippen LogP contribution in [0.3, 0.4) is 0 Å². The van der Waals surface area contributed by atoms with E-state index in [1.54, 1.807) is 12.1 Å². The Labute approximate surface area is 113 Å². The standard InChI is InChI=1S/C10H15N5O3S/c11-8(16)4-15(5-9(12)17)3-6-1-2-7(19-6)10(18)14-13/h1-2H,3-5,13H2,(H2,11,16)(H2,12,17)(H,14,18). The Morgan fingerprint density at radius 2 is 1.74 bits per heavy atom. The van der Waals surface area contributed by atoms with Crippen LogP contribution < -0.4 is 22.7 Å². The third-order valence-corrected chi connectivity index (χ3v) is 3.22. The Kier molecular flexibility index (Phi) is 5.42. The van der Waals surface area contributed by atoms with Crippen LogP contribution in [-0.4, -0.2) is 35.7 Å². The molecule has 0 bridgehead atoms. The van der Waals surface area contributed by atoms with Crippen LogP contribution in [0.4, 0.5) is 0 Å². The van der Waals surface area contributed by atoms with Crippen LogP contribution in [0.5, 0.6) is 0 Å². The molecule has 0 unspecified atom stereocenters. The normalized spacial score (nSPS) is 10.4. The fraction of sp³-hybridized carbons (Fsp3) is 0.300. The zero-order valence-corrected chi connectivity index (χ0v) is 10.9. The van der Waals surface area contributed by atoms with Gasteiger partial charge in [-0.1, -0.05) is 0 Å². The molecule has 0 aliphatic heterocycles. The van der Waals surface area contributed by atoms with Crippen molar-refractivity contribution in [2.45, 2.75) is 6.54 Å². The number of nitrogen functional groups attached to an aromatic ring is 1. The SMILES string of the molecule is NNC(=O)c1ccc(CN(CC(N)=O)CC(N)=O)s1. The number of carbonyl (C=O) groups is 3. The van der Waals surface area contributed by atoms with Gasteiger partial charge in [-0.3, -0.25) is 24.7 Å². The first kappa shape index (κ1) is 15.1. The molecule has 104 valence electrons. The number of thiophene rings is 1. The van der Waals surface area contributed by atoms with Crippen LogP contribution in [0.15, 0.2) is 12.1 Å². The highest BCUT2D eigenvalue weighted by molar-refractivity contribution is 7.14. The van der Waals surface area contributed by atoms with Crippen LogP contribution in [0.1, 0.15) is 14.5 Å². The maximum atomic E-state index is 11.3. The van der Waals surface area contributed by atoms with Crippen LogP contribution in [0, 0.1) is 0 Å². The number of rotatable bonds is 7. The molecular formula is C10H15N5O3S. The molecule has 1 rings (SSSR count). The van der Waals surface area contributed by atoms with E-state index in [9.17, 15) is 14.4 Å². The summed E-state index contributed by atoms with van der Waals surface area (Å²) in [5.74, 6) is 3.51. The third kappa shape index (κ3) is 5.04. The van der Waals surface area contributed by atoms with Gasteiger partial charge >= 0.3 is 0 Å². The second-order valence-corrected chi connectivity index (χ2v) is 4.99. The van der Waals surface area contributed by atoms with E-state index in [0.717, 1.165) is 4.88 Å². The zero-order valence-electron chi connectivity index (χ0n) is 10.1. The lowest BCUT2D eigenvalue weighted by molar-refractivity contribution is -0.122. The molecule has 8 nitrogen and oxygen atoms in total. The number of hydrogen-bond donors (Lipinski definition) is 4. The summed E-state index contributed by atoms with van der Waals surface area (Å²) in [5.41, 5.74) is 12.2. The molecule has 0 aromatic carbocycles. The first-order chi connectivity index (χ1) is 8.92. The van der Waals surface area contributed by atoms with Crippen molar-refractivity contribution >= 4 is 29.1 Å². The minimum atomic E-state index is -0.558. The van der Waals surface area contributed by atoms with Crippen molar-refractivity contribution < 1.29 is 14.4 Å². The predicted octanol–water partition coefficient (Wildman–Crippen LogP) is -1.88. The summed E-state index contributed by atoms with van der Waals surface area (Å²) in [5, 5.41) is 0. The number of amides is 3. The number of carbonyl (C=O) groups excluding carboxylic acids is 3. The minimum absolute atomic E-state index is 0.0841. The fourth-order valence-electron chi connectivity index (χ4n) is 1.48. The third-order valence-electron chi connectivity index (χ3n) is 2.15. The predicted molar refractivity (Wildman–Crippen MR) is 69.6 cm³/mol. The molecule has 3 amide bonds. The number of hydrogen-bond acceptors (Lipinski definition) is 6. The Morgan fingerprint density at radius 1 is 1.16 bits per heavy atom. The molecule has 0 radical (unpaired) electrons. The Bertz CT molecular complexity index is 471. The van der Waals surface area contributed by atoms with E-state index in [4.69, 9.17) is 17.3 Å². The van der Waals surface area contributed by atoms with Crippen molar-refractivity contribution in [3.8, 4) is 0 Å². The van der Waals surface area contributed by atoms with Crippen molar-refractivity contribution in [3.05, 3.63) is 21.9 Å². The summed E-state index contributed by atoms with van der Waals surface area (Å²) in [4.78, 5) is 35.8. The van der Waals surface area contributed by atoms with E-state index in [0.29, 0.717) is 11.4 Å². The lowest BCUT2D eigenvalue weighted by Crippen LogP contribution is -2.38. The van der Waals surface area contributed by atoms with Gasteiger partial charge in [0.25, 0.3) is 5.91 Å². The molecule has 0 saturated carbocycles. The van der Waals surface area contributed by atoms with E-state index < -0.39 is 17.7 Å². The highest BCUT2D eigenvalue weighted by atomic mass is 32.1. The number of nitrogens with zero attached hydrogens (tertiary/aromatic N) is 1. The molecule has 9 heteroatoms. The zero-order chi connectivity index (χ0) is 14.4. The van der Waals surface area contributed by atoms with Crippen LogP contribution in [0.2, 0.25) is 0 Å². The van der Waals surface area contributed by atoms with Crippen LogP contribution in [0.25, 0.3) is 0 Å². The van der Waals surface area contributed by atoms with Gasteiger partial charge in [-0.2, -0.15) is 0 Å². The number of nitrogens with two attached hydrogens (primary N) is 3. The molecule has 0 aliphatic rings. The topological polar surface area (TPSA) is 145 Å². The molecule has 1 heterocycles. The Balaban J connectivity index is 2.72. The van der Waals surface area contributed by atoms with Crippen LogP contribution >= 0.6 is 11.3 Å². The van der Waals surface area contributed by atoms with Crippen molar-refractivity contribution in [2.24, 2.45) is 17.3 Å². The molecule has 0 saturated heterocycles. The quantitative estimate of drug-likeness (QED) is 0.263. The first-order valence-corrected chi connectivity index (χ1v) is 6.12. The molecular weight excluding hydrogens is 270 g/mol. The summed E-state index contributed by atoms with van der Waals surface area (Å²) in [6, 6.07) is 3.32. The molecule has 0 aliphatic carbocycles. The van der Waals surface area contributed by atoms with E-state index >= 15 is 0 Å². The summed E-state index contributed by atoms with van der Waals surface area (Å²) >= 11 is 1.21. The molecule has 1 aromatic rings. The Morgan fingerprint density at radius 3 is 2.21 bits per heavy atom. The van der Waals surface area contributed by atoms with Gasteiger partial charge in [-0.05, 0) is 12.1 Å². The van der Waals surface area contributed by atoms with Crippen molar-refractivity contribution in [2.75, 3.05) is 13.1 Å². The molecule has 1 aromatic heterocycles. The number of hydrazine groups is 1. The molecule has 0 spiro atoms. The summed E-state index contributed by atoms with van der Waals surface area (Å²) in [7, 11) is 0. The van der Waals surface area contributed by atoms with Gasteiger partial charge in [0, 0.05) is 11.4 Å². The van der Waals surface area contributed by atoms with Crippen LogP contribution in [-0.2, 0) is 16.1 Å². The van der Waals surface area contributed by atoms with Gasteiger partial charge < -0.3 is 11.5 Å². The number of nitrogens with one attached hydrogen (secondary N) is 1. The average Bonchev–Trinajstić information content (AvgIpc) is 2.74. The molecule has 0 atom stereocenters. The second kappa shape index (κ2) is 6.83. The van der Waals surface area contributed by atoms with Gasteiger partial charge in [0.05, 0.1) is 18.0 Å². The monoisotopic (exact) mass is 285 g/mol. The van der Waals surface area contributed by atoms with Crippen molar-refractivity contribution in [3.63, 3.8) is 0 Å². The molecule has 7 N–H and O–H groups in total.